The van der Waals surface area contributed by atoms with Gasteiger partial charge in [0.1, 0.15) is 12.5 Å². The standard InChI is InChI=1S/C20H15F6NO3S/c21-19(22,23)17-12(6-8-16(29)27-9-10-30-11-27)5-7-15(18(17)20(24,25)26)31-14-4-2-1-3-13(14)28/h1-8,28H,9-11H2/b8-6+. The van der Waals surface area contributed by atoms with E-state index >= 15 is 0 Å². The van der Waals surface area contributed by atoms with Gasteiger partial charge in [-0.25, -0.2) is 0 Å². The summed E-state index contributed by atoms with van der Waals surface area (Å²) < 4.78 is 87.6. The third-order valence-corrected chi connectivity index (χ3v) is 5.45. The van der Waals surface area contributed by atoms with Crippen LogP contribution in [0.4, 0.5) is 26.3 Å². The van der Waals surface area contributed by atoms with Gasteiger partial charge in [0.05, 0.1) is 22.6 Å². The zero-order valence-corrected chi connectivity index (χ0v) is 16.4. The molecule has 0 aliphatic carbocycles. The number of phenolic OH excluding ortho intramolecular Hbond substituents is 1. The van der Waals surface area contributed by atoms with Crippen LogP contribution in [0.1, 0.15) is 16.7 Å². The van der Waals surface area contributed by atoms with Crippen molar-refractivity contribution in [3.63, 3.8) is 0 Å². The number of aromatic hydroxyl groups is 1. The molecule has 0 unspecified atom stereocenters. The van der Waals surface area contributed by atoms with Gasteiger partial charge in [0, 0.05) is 17.5 Å². The molecule has 0 spiro atoms. The lowest BCUT2D eigenvalue weighted by Crippen LogP contribution is -2.26. The van der Waals surface area contributed by atoms with Crippen molar-refractivity contribution in [3.8, 4) is 5.75 Å². The Hall–Kier alpha value is -2.66. The number of nitrogens with zero attached hydrogens (tertiary/aromatic N) is 1. The highest BCUT2D eigenvalue weighted by Crippen LogP contribution is 2.48. The van der Waals surface area contributed by atoms with E-state index in [0.717, 1.165) is 18.2 Å². The summed E-state index contributed by atoms with van der Waals surface area (Å²) in [6.45, 7) is 0.461. The maximum Gasteiger partial charge on any atom is 0.418 e. The predicted octanol–water partition coefficient (Wildman–Crippen LogP) is 5.41. The van der Waals surface area contributed by atoms with Gasteiger partial charge in [0.2, 0.25) is 5.91 Å². The molecule has 0 saturated carbocycles. The van der Waals surface area contributed by atoms with Crippen molar-refractivity contribution >= 4 is 23.7 Å². The smallest absolute Gasteiger partial charge is 0.418 e. The summed E-state index contributed by atoms with van der Waals surface area (Å²) in [7, 11) is 0. The molecule has 0 radical (unpaired) electrons. The SMILES string of the molecule is O=C(/C=C/c1ccc(Sc2ccccc2O)c(C(F)(F)F)c1C(F)(F)F)N1CCOC1. The second-order valence-corrected chi connectivity index (χ2v) is 7.52. The molecular formula is C20H15F6NO3S. The monoisotopic (exact) mass is 463 g/mol. The lowest BCUT2D eigenvalue weighted by molar-refractivity contribution is -0.163. The first kappa shape index (κ1) is 23.0. The molecule has 2 aromatic rings. The number of amides is 1. The Labute approximate surface area is 177 Å². The fourth-order valence-electron chi connectivity index (χ4n) is 2.93. The third-order valence-electron chi connectivity index (χ3n) is 4.32. The number of ether oxygens (including phenoxy) is 1. The molecule has 1 heterocycles. The highest BCUT2D eigenvalue weighted by atomic mass is 32.2. The molecule has 4 nitrogen and oxygen atoms in total. The molecular weight excluding hydrogens is 448 g/mol. The van der Waals surface area contributed by atoms with Crippen LogP contribution in [0.3, 0.4) is 0 Å². The van der Waals surface area contributed by atoms with Gasteiger partial charge in [0.15, 0.2) is 0 Å². The number of halogens is 6. The van der Waals surface area contributed by atoms with Crippen LogP contribution in [0.15, 0.2) is 52.3 Å². The lowest BCUT2D eigenvalue weighted by Gasteiger charge is -2.21. The largest absolute Gasteiger partial charge is 0.507 e. The van der Waals surface area contributed by atoms with Gasteiger partial charge in [-0.2, -0.15) is 26.3 Å². The summed E-state index contributed by atoms with van der Waals surface area (Å²) in [6, 6.07) is 7.12. The van der Waals surface area contributed by atoms with E-state index < -0.39 is 39.8 Å². The molecule has 1 aliphatic rings. The van der Waals surface area contributed by atoms with E-state index in [4.69, 9.17) is 4.74 Å². The molecule has 1 N–H and O–H groups in total. The molecule has 166 valence electrons. The van der Waals surface area contributed by atoms with E-state index in [0.29, 0.717) is 17.8 Å². The third kappa shape index (κ3) is 5.34. The Balaban J connectivity index is 2.10. The van der Waals surface area contributed by atoms with Crippen LogP contribution in [0, 0.1) is 0 Å². The molecule has 11 heteroatoms. The topological polar surface area (TPSA) is 49.8 Å². The van der Waals surface area contributed by atoms with Crippen LogP contribution in [-0.2, 0) is 21.9 Å². The first-order valence-electron chi connectivity index (χ1n) is 8.80. The number of carbonyl (C=O) groups is 1. The molecule has 1 aliphatic heterocycles. The Morgan fingerprint density at radius 1 is 1.00 bits per heavy atom. The summed E-state index contributed by atoms with van der Waals surface area (Å²) in [5.74, 6) is -1.04. The van der Waals surface area contributed by atoms with Crippen molar-refractivity contribution < 1.29 is 41.0 Å². The van der Waals surface area contributed by atoms with Crippen molar-refractivity contribution in [3.05, 3.63) is 59.2 Å². The first-order chi connectivity index (χ1) is 14.5. The maximum atomic E-state index is 13.8. The minimum atomic E-state index is -5.35. The van der Waals surface area contributed by atoms with Crippen molar-refractivity contribution in [2.24, 2.45) is 0 Å². The van der Waals surface area contributed by atoms with Crippen molar-refractivity contribution in [1.29, 1.82) is 0 Å². The van der Waals surface area contributed by atoms with E-state index in [2.05, 4.69) is 0 Å². The van der Waals surface area contributed by atoms with Crippen LogP contribution in [0.25, 0.3) is 6.08 Å². The van der Waals surface area contributed by atoms with Crippen molar-refractivity contribution in [2.75, 3.05) is 19.9 Å². The minimum absolute atomic E-state index is 0.0337. The van der Waals surface area contributed by atoms with E-state index in [1.54, 1.807) is 0 Å². The number of para-hydroxylation sites is 1. The predicted molar refractivity (Wildman–Crippen MR) is 100 cm³/mol. The van der Waals surface area contributed by atoms with Crippen LogP contribution in [0.2, 0.25) is 0 Å². The van der Waals surface area contributed by atoms with Crippen molar-refractivity contribution in [2.45, 2.75) is 22.1 Å². The zero-order valence-electron chi connectivity index (χ0n) is 15.6. The van der Waals surface area contributed by atoms with E-state index in [9.17, 15) is 36.2 Å². The number of carbonyl (C=O) groups excluding carboxylic acids is 1. The summed E-state index contributed by atoms with van der Waals surface area (Å²) in [5, 5.41) is 9.81. The number of phenols is 1. The first-order valence-corrected chi connectivity index (χ1v) is 9.62. The highest BCUT2D eigenvalue weighted by molar-refractivity contribution is 7.99. The molecule has 1 saturated heterocycles. The molecule has 0 aromatic heterocycles. The Morgan fingerprint density at radius 3 is 2.26 bits per heavy atom. The van der Waals surface area contributed by atoms with Gasteiger partial charge in [-0.1, -0.05) is 30.0 Å². The van der Waals surface area contributed by atoms with E-state index in [1.807, 2.05) is 0 Å². The zero-order chi connectivity index (χ0) is 22.8. The molecule has 1 amide bonds. The van der Waals surface area contributed by atoms with Crippen LogP contribution in [-0.4, -0.2) is 35.8 Å². The number of alkyl halides is 6. The fourth-order valence-corrected chi connectivity index (χ4v) is 3.94. The number of rotatable bonds is 4. The van der Waals surface area contributed by atoms with Crippen LogP contribution >= 0.6 is 11.8 Å². The second-order valence-electron chi connectivity index (χ2n) is 6.44. The average Bonchev–Trinajstić information content (AvgIpc) is 3.21. The second kappa shape index (κ2) is 8.83. The minimum Gasteiger partial charge on any atom is -0.507 e. The molecule has 0 atom stereocenters. The number of benzene rings is 2. The highest BCUT2D eigenvalue weighted by Gasteiger charge is 2.46. The Bertz CT molecular complexity index is 997. The molecule has 1 fully saturated rings. The number of hydrogen-bond donors (Lipinski definition) is 1. The van der Waals surface area contributed by atoms with Crippen LogP contribution in [0.5, 0.6) is 5.75 Å². The van der Waals surface area contributed by atoms with Gasteiger partial charge >= 0.3 is 12.4 Å². The summed E-state index contributed by atoms with van der Waals surface area (Å²) in [6.07, 6.45) is -9.18. The van der Waals surface area contributed by atoms with E-state index in [-0.39, 0.29) is 30.5 Å². The summed E-state index contributed by atoms with van der Waals surface area (Å²) in [5.41, 5.74) is -4.58. The van der Waals surface area contributed by atoms with Gasteiger partial charge in [-0.3, -0.25) is 4.79 Å². The quantitative estimate of drug-likeness (QED) is 0.487. The molecule has 2 aromatic carbocycles. The summed E-state index contributed by atoms with van der Waals surface area (Å²) >= 11 is 0.366. The molecule has 3 rings (SSSR count). The fraction of sp³-hybridized carbons (Fsp3) is 0.250. The summed E-state index contributed by atoms with van der Waals surface area (Å²) in [4.78, 5) is 12.5. The Morgan fingerprint density at radius 2 is 1.68 bits per heavy atom. The van der Waals surface area contributed by atoms with Gasteiger partial charge in [-0.05, 0) is 29.8 Å². The Kier molecular flexibility index (Phi) is 6.56. The average molecular weight is 463 g/mol. The van der Waals surface area contributed by atoms with Gasteiger partial charge in [-0.15, -0.1) is 0 Å². The van der Waals surface area contributed by atoms with Gasteiger partial charge < -0.3 is 14.7 Å². The van der Waals surface area contributed by atoms with E-state index in [1.165, 1.54) is 29.2 Å². The normalized spacial score (nSPS) is 15.1. The number of hydrogen-bond acceptors (Lipinski definition) is 4. The van der Waals surface area contributed by atoms with Crippen molar-refractivity contribution in [1.82, 2.24) is 4.90 Å². The maximum absolute atomic E-state index is 13.8. The molecule has 31 heavy (non-hydrogen) atoms. The van der Waals surface area contributed by atoms with Crippen LogP contribution < -0.4 is 0 Å². The van der Waals surface area contributed by atoms with Gasteiger partial charge in [0.25, 0.3) is 0 Å². The lowest BCUT2D eigenvalue weighted by atomic mass is 9.99. The molecule has 0 bridgehead atoms.